The maximum absolute atomic E-state index is 5.84. The van der Waals surface area contributed by atoms with Crippen molar-refractivity contribution in [2.24, 2.45) is 5.73 Å². The van der Waals surface area contributed by atoms with Crippen molar-refractivity contribution >= 4 is 0 Å². The molecule has 2 aliphatic rings. The maximum Gasteiger partial charge on any atom is 0.0199 e. The highest BCUT2D eigenvalue weighted by atomic mass is 14.8. The molecule has 0 spiro atoms. The van der Waals surface area contributed by atoms with Crippen molar-refractivity contribution in [3.05, 3.63) is 23.0 Å². The molecule has 1 aromatic rings. The zero-order chi connectivity index (χ0) is 8.84. The fraction of sp³-hybridized carbons (Fsp3) is 0.636. The monoisotopic (exact) mass is 176 g/mol. The number of H-pyrrole nitrogens is 1. The molecular weight excluding hydrogens is 160 g/mol. The molecular formula is C11H16N2. The Morgan fingerprint density at radius 3 is 2.77 bits per heavy atom. The van der Waals surface area contributed by atoms with E-state index in [9.17, 15) is 0 Å². The summed E-state index contributed by atoms with van der Waals surface area (Å²) in [6.07, 6.45) is 6.41. The van der Waals surface area contributed by atoms with Gasteiger partial charge in [0.25, 0.3) is 0 Å². The standard InChI is InChI=1S/C11H16N2/c12-9-6-8(9)11-5-7-3-1-2-4-10(7)13-11/h5,8-9,13H,1-4,6,12H2/t8-,9-/m1/s1. The van der Waals surface area contributed by atoms with Crippen molar-refractivity contribution in [2.75, 3.05) is 0 Å². The fourth-order valence-corrected chi connectivity index (χ4v) is 2.40. The highest BCUT2D eigenvalue weighted by Gasteiger charge is 2.36. The number of nitrogens with one attached hydrogen (secondary N) is 1. The zero-order valence-corrected chi connectivity index (χ0v) is 7.84. The van der Waals surface area contributed by atoms with Crippen LogP contribution in [0, 0.1) is 0 Å². The first-order valence-electron chi connectivity index (χ1n) is 5.31. The van der Waals surface area contributed by atoms with Crippen molar-refractivity contribution in [3.8, 4) is 0 Å². The Labute approximate surface area is 78.5 Å². The summed E-state index contributed by atoms with van der Waals surface area (Å²) in [5.41, 5.74) is 10.3. The second-order valence-electron chi connectivity index (χ2n) is 4.44. The normalized spacial score (nSPS) is 31.5. The minimum absolute atomic E-state index is 0.431. The number of aryl methyl sites for hydroxylation is 2. The van der Waals surface area contributed by atoms with Gasteiger partial charge in [0.15, 0.2) is 0 Å². The van der Waals surface area contributed by atoms with Crippen molar-refractivity contribution in [1.29, 1.82) is 0 Å². The van der Waals surface area contributed by atoms with E-state index < -0.39 is 0 Å². The molecule has 1 aromatic heterocycles. The molecule has 0 amide bonds. The van der Waals surface area contributed by atoms with E-state index in [-0.39, 0.29) is 0 Å². The van der Waals surface area contributed by atoms with Crippen LogP contribution in [0.2, 0.25) is 0 Å². The molecule has 0 unspecified atom stereocenters. The summed E-state index contributed by atoms with van der Waals surface area (Å²) in [5, 5.41) is 0. The number of hydrogen-bond acceptors (Lipinski definition) is 1. The average Bonchev–Trinajstić information content (AvgIpc) is 2.74. The molecule has 2 aliphatic carbocycles. The summed E-state index contributed by atoms with van der Waals surface area (Å²) in [6.45, 7) is 0. The fourth-order valence-electron chi connectivity index (χ4n) is 2.40. The third-order valence-corrected chi connectivity index (χ3v) is 3.37. The van der Waals surface area contributed by atoms with E-state index in [0.717, 1.165) is 0 Å². The van der Waals surface area contributed by atoms with Crippen molar-refractivity contribution in [1.82, 2.24) is 4.98 Å². The topological polar surface area (TPSA) is 41.8 Å². The minimum Gasteiger partial charge on any atom is -0.362 e. The van der Waals surface area contributed by atoms with Crippen molar-refractivity contribution < 1.29 is 0 Å². The van der Waals surface area contributed by atoms with Crippen molar-refractivity contribution in [2.45, 2.75) is 44.1 Å². The lowest BCUT2D eigenvalue weighted by Gasteiger charge is -2.09. The first-order chi connectivity index (χ1) is 6.34. The summed E-state index contributed by atoms with van der Waals surface area (Å²) in [6, 6.07) is 2.78. The van der Waals surface area contributed by atoms with E-state index in [0.29, 0.717) is 12.0 Å². The lowest BCUT2D eigenvalue weighted by atomic mass is 9.98. The molecule has 0 aromatic carbocycles. The largest absolute Gasteiger partial charge is 0.362 e. The van der Waals surface area contributed by atoms with E-state index in [1.807, 2.05) is 0 Å². The Bertz CT molecular complexity index is 303. The van der Waals surface area contributed by atoms with Crippen molar-refractivity contribution in [3.63, 3.8) is 0 Å². The van der Waals surface area contributed by atoms with Crippen LogP contribution in [0.1, 0.15) is 42.1 Å². The first-order valence-corrected chi connectivity index (χ1v) is 5.31. The van der Waals surface area contributed by atoms with Gasteiger partial charge in [-0.25, -0.2) is 0 Å². The molecule has 3 rings (SSSR count). The number of hydrogen-bond donors (Lipinski definition) is 2. The summed E-state index contributed by atoms with van der Waals surface area (Å²) in [4.78, 5) is 3.55. The second-order valence-corrected chi connectivity index (χ2v) is 4.44. The van der Waals surface area contributed by atoms with Crippen LogP contribution in [0.25, 0.3) is 0 Å². The summed E-state index contributed by atoms with van der Waals surface area (Å²) in [7, 11) is 0. The lowest BCUT2D eigenvalue weighted by Crippen LogP contribution is -2.01. The Morgan fingerprint density at radius 1 is 1.31 bits per heavy atom. The third-order valence-electron chi connectivity index (χ3n) is 3.37. The molecule has 2 nitrogen and oxygen atoms in total. The van der Waals surface area contributed by atoms with E-state index >= 15 is 0 Å². The molecule has 2 heteroatoms. The number of aromatic amines is 1. The van der Waals surface area contributed by atoms with Gasteiger partial charge in [-0.05, 0) is 43.7 Å². The molecule has 13 heavy (non-hydrogen) atoms. The highest BCUT2D eigenvalue weighted by Crippen LogP contribution is 2.39. The third kappa shape index (κ3) is 1.20. The Kier molecular flexibility index (Phi) is 1.53. The van der Waals surface area contributed by atoms with Gasteiger partial charge in [0.2, 0.25) is 0 Å². The smallest absolute Gasteiger partial charge is 0.0199 e. The molecule has 0 aliphatic heterocycles. The van der Waals surface area contributed by atoms with Crippen LogP contribution in [-0.4, -0.2) is 11.0 Å². The van der Waals surface area contributed by atoms with Crippen LogP contribution in [0.3, 0.4) is 0 Å². The average molecular weight is 176 g/mol. The molecule has 1 saturated carbocycles. The minimum atomic E-state index is 0.431. The van der Waals surface area contributed by atoms with Crippen LogP contribution in [0.15, 0.2) is 6.07 Å². The van der Waals surface area contributed by atoms with Gasteiger partial charge in [-0.1, -0.05) is 0 Å². The highest BCUT2D eigenvalue weighted by molar-refractivity contribution is 5.33. The van der Waals surface area contributed by atoms with E-state index in [1.54, 1.807) is 5.56 Å². The van der Waals surface area contributed by atoms with Gasteiger partial charge in [-0.15, -0.1) is 0 Å². The second kappa shape index (κ2) is 2.61. The van der Waals surface area contributed by atoms with Crippen LogP contribution in [0.5, 0.6) is 0 Å². The molecule has 0 radical (unpaired) electrons. The van der Waals surface area contributed by atoms with Gasteiger partial charge in [-0.2, -0.15) is 0 Å². The van der Waals surface area contributed by atoms with Crippen LogP contribution in [-0.2, 0) is 12.8 Å². The molecule has 1 fully saturated rings. The summed E-state index contributed by atoms with van der Waals surface area (Å²) in [5.74, 6) is 0.644. The lowest BCUT2D eigenvalue weighted by molar-refractivity contribution is 0.676. The summed E-state index contributed by atoms with van der Waals surface area (Å²) < 4.78 is 0. The SMILES string of the molecule is N[C@@H]1C[C@H]1c1cc2c([nH]1)CCCC2. The van der Waals surface area contributed by atoms with Gasteiger partial charge < -0.3 is 10.7 Å². The number of fused-ring (bicyclic) bond motifs is 1. The van der Waals surface area contributed by atoms with E-state index in [2.05, 4.69) is 11.1 Å². The van der Waals surface area contributed by atoms with Crippen LogP contribution >= 0.6 is 0 Å². The number of nitrogens with two attached hydrogens (primary N) is 1. The maximum atomic E-state index is 5.84. The molecule has 0 bridgehead atoms. The first kappa shape index (κ1) is 7.63. The zero-order valence-electron chi connectivity index (χ0n) is 7.84. The molecule has 1 heterocycles. The molecule has 70 valence electrons. The Morgan fingerprint density at radius 2 is 2.08 bits per heavy atom. The summed E-state index contributed by atoms with van der Waals surface area (Å²) >= 11 is 0. The van der Waals surface area contributed by atoms with E-state index in [4.69, 9.17) is 5.73 Å². The quantitative estimate of drug-likeness (QED) is 0.672. The van der Waals surface area contributed by atoms with Gasteiger partial charge >= 0.3 is 0 Å². The van der Waals surface area contributed by atoms with E-state index in [1.165, 1.54) is 43.5 Å². The molecule has 2 atom stereocenters. The number of rotatable bonds is 1. The van der Waals surface area contributed by atoms with Gasteiger partial charge in [0, 0.05) is 23.3 Å². The van der Waals surface area contributed by atoms with Crippen LogP contribution < -0.4 is 5.73 Å². The predicted octanol–water partition coefficient (Wildman–Crippen LogP) is 1.71. The Balaban J connectivity index is 1.91. The molecule has 3 N–H and O–H groups in total. The Hall–Kier alpha value is -0.760. The van der Waals surface area contributed by atoms with Gasteiger partial charge in [0.1, 0.15) is 0 Å². The van der Waals surface area contributed by atoms with Gasteiger partial charge in [0.05, 0.1) is 0 Å². The number of aromatic nitrogens is 1. The van der Waals surface area contributed by atoms with Crippen LogP contribution in [0.4, 0.5) is 0 Å². The van der Waals surface area contributed by atoms with Gasteiger partial charge in [-0.3, -0.25) is 0 Å². The molecule has 0 saturated heterocycles. The predicted molar refractivity (Wildman–Crippen MR) is 52.8 cm³/mol.